The molecule has 0 radical (unpaired) electrons. The Bertz CT molecular complexity index is 513. The third kappa shape index (κ3) is 4.88. The quantitative estimate of drug-likeness (QED) is 0.482. The van der Waals surface area contributed by atoms with E-state index in [0.29, 0.717) is 5.56 Å². The Morgan fingerprint density at radius 2 is 2.05 bits per heavy atom. The normalized spacial score (nSPS) is 12.2. The van der Waals surface area contributed by atoms with Crippen molar-refractivity contribution in [2.24, 2.45) is 0 Å². The lowest BCUT2D eigenvalue weighted by molar-refractivity contribution is -0.141. The molecule has 0 N–H and O–H groups in total. The average molecular weight is 305 g/mol. The summed E-state index contributed by atoms with van der Waals surface area (Å²) >= 11 is 1.20. The summed E-state index contributed by atoms with van der Waals surface area (Å²) in [6, 6.07) is 2.18. The Balaban J connectivity index is 3.16. The highest BCUT2D eigenvalue weighted by Crippen LogP contribution is 2.32. The number of pyridine rings is 1. The topological polar surface area (TPSA) is 39.2 Å². The first kappa shape index (κ1) is 16.6. The standard InChI is InChI=1S/C13H14F3NO2S/c1-8(2)20-12-9(5-7-11(18)19-3)4-6-10(17-12)13(14,15)16/h4-8H,1-3H3. The molecular weight excluding hydrogens is 291 g/mol. The fourth-order valence-corrected chi connectivity index (χ4v) is 2.15. The Kier molecular flexibility index (Phi) is 5.62. The van der Waals surface area contributed by atoms with Gasteiger partial charge in [-0.1, -0.05) is 19.9 Å². The van der Waals surface area contributed by atoms with E-state index in [-0.39, 0.29) is 10.3 Å². The van der Waals surface area contributed by atoms with Crippen molar-refractivity contribution in [2.45, 2.75) is 30.3 Å². The van der Waals surface area contributed by atoms with Crippen LogP contribution >= 0.6 is 11.8 Å². The summed E-state index contributed by atoms with van der Waals surface area (Å²) in [7, 11) is 1.22. The first-order valence-electron chi connectivity index (χ1n) is 5.75. The largest absolute Gasteiger partial charge is 0.466 e. The molecule has 3 nitrogen and oxygen atoms in total. The molecule has 1 aromatic heterocycles. The number of alkyl halides is 3. The van der Waals surface area contributed by atoms with Gasteiger partial charge in [0.25, 0.3) is 0 Å². The number of nitrogens with zero attached hydrogens (tertiary/aromatic N) is 1. The number of hydrogen-bond acceptors (Lipinski definition) is 4. The van der Waals surface area contributed by atoms with Gasteiger partial charge < -0.3 is 4.74 Å². The minimum absolute atomic E-state index is 0.0660. The smallest absolute Gasteiger partial charge is 0.433 e. The number of hydrogen-bond donors (Lipinski definition) is 0. The Labute approximate surface area is 119 Å². The molecular formula is C13H14F3NO2S. The molecule has 110 valence electrons. The van der Waals surface area contributed by atoms with E-state index in [1.807, 2.05) is 13.8 Å². The monoisotopic (exact) mass is 305 g/mol. The maximum atomic E-state index is 12.6. The molecule has 0 saturated carbocycles. The third-order valence-electron chi connectivity index (χ3n) is 2.13. The number of carbonyl (C=O) groups is 1. The molecule has 0 fully saturated rings. The van der Waals surface area contributed by atoms with Gasteiger partial charge in [0, 0.05) is 16.9 Å². The fourth-order valence-electron chi connectivity index (χ4n) is 1.28. The highest BCUT2D eigenvalue weighted by Gasteiger charge is 2.33. The van der Waals surface area contributed by atoms with Gasteiger partial charge in [-0.15, -0.1) is 11.8 Å². The van der Waals surface area contributed by atoms with Gasteiger partial charge in [0.1, 0.15) is 10.7 Å². The zero-order chi connectivity index (χ0) is 15.3. The molecule has 0 spiro atoms. The van der Waals surface area contributed by atoms with E-state index in [4.69, 9.17) is 0 Å². The van der Waals surface area contributed by atoms with Gasteiger partial charge in [0.15, 0.2) is 0 Å². The molecule has 0 amide bonds. The van der Waals surface area contributed by atoms with Crippen LogP contribution in [-0.2, 0) is 15.7 Å². The lowest BCUT2D eigenvalue weighted by Gasteiger charge is -2.11. The fraction of sp³-hybridized carbons (Fsp3) is 0.385. The summed E-state index contributed by atoms with van der Waals surface area (Å²) < 4.78 is 42.4. The van der Waals surface area contributed by atoms with Crippen molar-refractivity contribution in [2.75, 3.05) is 7.11 Å². The molecule has 0 aromatic carbocycles. The number of ether oxygens (including phenoxy) is 1. The van der Waals surface area contributed by atoms with E-state index in [1.165, 1.54) is 31.0 Å². The molecule has 0 bridgehead atoms. The second kappa shape index (κ2) is 6.78. The van der Waals surface area contributed by atoms with Gasteiger partial charge in [0.05, 0.1) is 7.11 Å². The second-order valence-corrected chi connectivity index (χ2v) is 5.68. The van der Waals surface area contributed by atoms with Crippen LogP contribution in [0.4, 0.5) is 13.2 Å². The van der Waals surface area contributed by atoms with Crippen LogP contribution in [-0.4, -0.2) is 23.3 Å². The van der Waals surface area contributed by atoms with E-state index < -0.39 is 17.8 Å². The van der Waals surface area contributed by atoms with Gasteiger partial charge in [0.2, 0.25) is 0 Å². The first-order chi connectivity index (χ1) is 9.24. The second-order valence-electron chi connectivity index (χ2n) is 4.11. The first-order valence-corrected chi connectivity index (χ1v) is 6.63. The van der Waals surface area contributed by atoms with Crippen LogP contribution in [0.2, 0.25) is 0 Å². The van der Waals surface area contributed by atoms with Crippen LogP contribution < -0.4 is 0 Å². The lowest BCUT2D eigenvalue weighted by Crippen LogP contribution is -2.09. The number of halogens is 3. The van der Waals surface area contributed by atoms with Crippen LogP contribution in [0.25, 0.3) is 6.08 Å². The van der Waals surface area contributed by atoms with Crippen molar-refractivity contribution in [3.05, 3.63) is 29.5 Å². The molecule has 20 heavy (non-hydrogen) atoms. The highest BCUT2D eigenvalue weighted by atomic mass is 32.2. The van der Waals surface area contributed by atoms with E-state index in [1.54, 1.807) is 0 Å². The summed E-state index contributed by atoms with van der Waals surface area (Å²) in [5, 5.41) is 0.297. The summed E-state index contributed by atoms with van der Waals surface area (Å²) in [5.74, 6) is -0.578. The molecule has 1 rings (SSSR count). The van der Waals surface area contributed by atoms with E-state index in [9.17, 15) is 18.0 Å². The Morgan fingerprint density at radius 1 is 1.40 bits per heavy atom. The SMILES string of the molecule is COC(=O)C=Cc1ccc(C(F)(F)F)nc1SC(C)C. The zero-order valence-electron chi connectivity index (χ0n) is 11.2. The zero-order valence-corrected chi connectivity index (χ0v) is 12.0. The maximum Gasteiger partial charge on any atom is 0.433 e. The molecule has 0 saturated heterocycles. The van der Waals surface area contributed by atoms with E-state index >= 15 is 0 Å². The number of thioether (sulfide) groups is 1. The Hall–Kier alpha value is -1.50. The summed E-state index contributed by atoms with van der Waals surface area (Å²) in [6.45, 7) is 3.70. The maximum absolute atomic E-state index is 12.6. The van der Waals surface area contributed by atoms with Crippen LogP contribution in [0, 0.1) is 0 Å². The number of rotatable bonds is 4. The van der Waals surface area contributed by atoms with Crippen LogP contribution in [0.1, 0.15) is 25.1 Å². The molecule has 0 atom stereocenters. The average Bonchev–Trinajstić information content (AvgIpc) is 2.34. The molecule has 0 unspecified atom stereocenters. The number of esters is 1. The van der Waals surface area contributed by atoms with Crippen molar-refractivity contribution < 1.29 is 22.7 Å². The van der Waals surface area contributed by atoms with Crippen molar-refractivity contribution in [3.8, 4) is 0 Å². The van der Waals surface area contributed by atoms with Gasteiger partial charge in [-0.05, 0) is 12.1 Å². The molecule has 0 aliphatic rings. The van der Waals surface area contributed by atoms with Gasteiger partial charge in [-0.3, -0.25) is 0 Å². The predicted octanol–water partition coefficient (Wildman–Crippen LogP) is 3.79. The summed E-state index contributed by atoms with van der Waals surface area (Å²) in [6.07, 6.45) is -1.95. The van der Waals surface area contributed by atoms with Gasteiger partial charge >= 0.3 is 12.1 Å². The Morgan fingerprint density at radius 3 is 2.55 bits per heavy atom. The van der Waals surface area contributed by atoms with Crippen molar-refractivity contribution in [3.63, 3.8) is 0 Å². The van der Waals surface area contributed by atoms with E-state index in [2.05, 4.69) is 9.72 Å². The molecule has 0 aliphatic heterocycles. The van der Waals surface area contributed by atoms with E-state index in [0.717, 1.165) is 12.1 Å². The van der Waals surface area contributed by atoms with Crippen molar-refractivity contribution in [1.29, 1.82) is 0 Å². The summed E-state index contributed by atoms with van der Waals surface area (Å²) in [5.41, 5.74) is -0.502. The molecule has 7 heteroatoms. The van der Waals surface area contributed by atoms with Crippen molar-refractivity contribution in [1.82, 2.24) is 4.98 Å². The minimum Gasteiger partial charge on any atom is -0.466 e. The van der Waals surface area contributed by atoms with Crippen molar-refractivity contribution >= 4 is 23.8 Å². The minimum atomic E-state index is -4.49. The van der Waals surface area contributed by atoms with Crippen LogP contribution in [0.15, 0.2) is 23.2 Å². The highest BCUT2D eigenvalue weighted by molar-refractivity contribution is 7.99. The molecule has 1 heterocycles. The lowest BCUT2D eigenvalue weighted by atomic mass is 10.2. The van der Waals surface area contributed by atoms with Gasteiger partial charge in [-0.2, -0.15) is 13.2 Å². The third-order valence-corrected chi connectivity index (χ3v) is 3.15. The number of carbonyl (C=O) groups excluding carboxylic acids is 1. The number of methoxy groups -OCH3 is 1. The van der Waals surface area contributed by atoms with Crippen LogP contribution in [0.3, 0.4) is 0 Å². The molecule has 0 aliphatic carbocycles. The number of aromatic nitrogens is 1. The molecule has 1 aromatic rings. The van der Waals surface area contributed by atoms with Gasteiger partial charge in [-0.25, -0.2) is 9.78 Å². The summed E-state index contributed by atoms with van der Waals surface area (Å²) in [4.78, 5) is 14.7. The predicted molar refractivity (Wildman–Crippen MR) is 71.3 cm³/mol. The van der Waals surface area contributed by atoms with Crippen LogP contribution in [0.5, 0.6) is 0 Å².